The molecule has 0 saturated carbocycles. The van der Waals surface area contributed by atoms with Crippen molar-refractivity contribution in [2.75, 3.05) is 6.54 Å². The van der Waals surface area contributed by atoms with E-state index in [9.17, 15) is 5.11 Å². The van der Waals surface area contributed by atoms with Crippen LogP contribution in [0.4, 0.5) is 0 Å². The molecule has 3 nitrogen and oxygen atoms in total. The molecule has 2 rings (SSSR count). The van der Waals surface area contributed by atoms with Crippen LogP contribution in [-0.2, 0) is 0 Å². The molecule has 0 amide bonds. The minimum Gasteiger partial charge on any atom is -0.464 e. The Hall–Kier alpha value is -1.00. The maximum atomic E-state index is 10.4. The van der Waals surface area contributed by atoms with Crippen LogP contribution in [0.2, 0.25) is 10.0 Å². The number of hydrogen-bond acceptors (Lipinski definition) is 3. The molecule has 1 aromatic heterocycles. The van der Waals surface area contributed by atoms with Crippen LogP contribution in [0.5, 0.6) is 0 Å². The second-order valence-corrected chi connectivity index (χ2v) is 5.22. The summed E-state index contributed by atoms with van der Waals surface area (Å²) in [5.74, 6) is 0.957. The summed E-state index contributed by atoms with van der Waals surface area (Å²) in [6.45, 7) is 2.10. The number of furan rings is 1. The van der Waals surface area contributed by atoms with Crippen LogP contribution < -0.4 is 5.73 Å². The first-order valence-corrected chi connectivity index (χ1v) is 6.68. The molecule has 1 heterocycles. The lowest BCUT2D eigenvalue weighted by molar-refractivity contribution is 0.121. The lowest BCUT2D eigenvalue weighted by Gasteiger charge is -2.20. The van der Waals surface area contributed by atoms with Gasteiger partial charge in [0.25, 0.3) is 0 Å². The van der Waals surface area contributed by atoms with Gasteiger partial charge in [0.05, 0.1) is 10.0 Å². The molecule has 3 N–H and O–H groups in total. The molecule has 0 aliphatic heterocycles. The van der Waals surface area contributed by atoms with Crippen molar-refractivity contribution in [3.05, 3.63) is 57.5 Å². The largest absolute Gasteiger partial charge is 0.464 e. The molecule has 0 aliphatic carbocycles. The summed E-state index contributed by atoms with van der Waals surface area (Å²) in [6.07, 6.45) is -0.809. The van der Waals surface area contributed by atoms with Crippen molar-refractivity contribution in [2.45, 2.75) is 18.9 Å². The smallest absolute Gasteiger partial charge is 0.133 e. The molecular weight excluding hydrogens is 285 g/mol. The third kappa shape index (κ3) is 3.12. The molecule has 0 spiro atoms. The van der Waals surface area contributed by atoms with Crippen LogP contribution in [-0.4, -0.2) is 11.7 Å². The van der Waals surface area contributed by atoms with Crippen molar-refractivity contribution in [2.24, 2.45) is 5.73 Å². The number of rotatable bonds is 4. The molecule has 19 heavy (non-hydrogen) atoms. The highest BCUT2D eigenvalue weighted by atomic mass is 35.5. The fourth-order valence-electron chi connectivity index (χ4n) is 2.00. The second kappa shape index (κ2) is 5.97. The third-order valence-corrected chi connectivity index (χ3v) is 3.80. The lowest BCUT2D eigenvalue weighted by Crippen LogP contribution is -2.19. The van der Waals surface area contributed by atoms with E-state index in [2.05, 4.69) is 0 Å². The van der Waals surface area contributed by atoms with Gasteiger partial charge in [-0.25, -0.2) is 0 Å². The van der Waals surface area contributed by atoms with Gasteiger partial charge in [0.1, 0.15) is 17.6 Å². The Labute approximate surface area is 121 Å². The zero-order valence-corrected chi connectivity index (χ0v) is 11.9. The van der Waals surface area contributed by atoms with Crippen molar-refractivity contribution < 1.29 is 9.52 Å². The Morgan fingerprint density at radius 1 is 1.21 bits per heavy atom. The predicted octanol–water partition coefficient (Wildman–Crippen LogP) is 3.67. The summed E-state index contributed by atoms with van der Waals surface area (Å²) < 4.78 is 5.44. The molecule has 0 aliphatic rings. The Morgan fingerprint density at radius 3 is 2.47 bits per heavy atom. The molecule has 2 aromatic rings. The zero-order valence-electron chi connectivity index (χ0n) is 10.4. The second-order valence-electron chi connectivity index (χ2n) is 4.41. The Bertz CT molecular complexity index is 568. The van der Waals surface area contributed by atoms with E-state index in [4.69, 9.17) is 33.4 Å². The van der Waals surface area contributed by atoms with Crippen molar-refractivity contribution in [3.63, 3.8) is 0 Å². The monoisotopic (exact) mass is 299 g/mol. The fraction of sp³-hybridized carbons (Fsp3) is 0.286. The van der Waals surface area contributed by atoms with E-state index in [1.807, 2.05) is 13.0 Å². The van der Waals surface area contributed by atoms with Gasteiger partial charge in [0, 0.05) is 12.5 Å². The quantitative estimate of drug-likeness (QED) is 0.905. The van der Waals surface area contributed by atoms with Crippen LogP contribution in [0.15, 0.2) is 34.7 Å². The van der Waals surface area contributed by atoms with Gasteiger partial charge < -0.3 is 15.3 Å². The van der Waals surface area contributed by atoms with Crippen molar-refractivity contribution >= 4 is 23.2 Å². The predicted molar refractivity (Wildman–Crippen MR) is 76.7 cm³/mol. The van der Waals surface area contributed by atoms with E-state index >= 15 is 0 Å². The highest BCUT2D eigenvalue weighted by Gasteiger charge is 2.24. The van der Waals surface area contributed by atoms with Crippen molar-refractivity contribution in [3.8, 4) is 0 Å². The van der Waals surface area contributed by atoms with Gasteiger partial charge in [0.15, 0.2) is 0 Å². The van der Waals surface area contributed by atoms with Gasteiger partial charge >= 0.3 is 0 Å². The number of aryl methyl sites for hydroxylation is 1. The summed E-state index contributed by atoms with van der Waals surface area (Å²) in [5.41, 5.74) is 6.59. The Balaban J connectivity index is 2.30. The number of hydrogen-bond donors (Lipinski definition) is 2. The van der Waals surface area contributed by atoms with E-state index in [0.717, 1.165) is 11.3 Å². The first-order valence-electron chi connectivity index (χ1n) is 5.92. The van der Waals surface area contributed by atoms with Crippen molar-refractivity contribution in [1.29, 1.82) is 0 Å². The van der Waals surface area contributed by atoms with Gasteiger partial charge in [-0.3, -0.25) is 0 Å². The summed E-state index contributed by atoms with van der Waals surface area (Å²) in [6, 6.07) is 8.79. The van der Waals surface area contributed by atoms with Gasteiger partial charge in [-0.05, 0) is 36.8 Å². The maximum absolute atomic E-state index is 10.4. The standard InChI is InChI=1S/C14H15Cl2NO2/c1-8-2-5-13(19-8)14(18)10(7-17)9-3-4-11(15)12(16)6-9/h2-6,10,14,18H,7,17H2,1H3. The molecule has 102 valence electrons. The molecule has 2 unspecified atom stereocenters. The SMILES string of the molecule is Cc1ccc(C(O)C(CN)c2ccc(Cl)c(Cl)c2)o1. The van der Waals surface area contributed by atoms with Gasteiger partial charge in [-0.15, -0.1) is 0 Å². The fourth-order valence-corrected chi connectivity index (χ4v) is 2.31. The number of halogens is 2. The molecule has 1 aromatic carbocycles. The summed E-state index contributed by atoms with van der Waals surface area (Å²) in [5, 5.41) is 11.3. The molecule has 0 saturated heterocycles. The summed E-state index contributed by atoms with van der Waals surface area (Å²) in [4.78, 5) is 0. The van der Waals surface area contributed by atoms with Crippen molar-refractivity contribution in [1.82, 2.24) is 0 Å². The van der Waals surface area contributed by atoms with Crippen LogP contribution in [0.1, 0.15) is 29.1 Å². The van der Waals surface area contributed by atoms with Gasteiger partial charge in [0.2, 0.25) is 0 Å². The number of benzene rings is 1. The number of nitrogens with two attached hydrogens (primary N) is 1. The average Bonchev–Trinajstić information content (AvgIpc) is 2.81. The maximum Gasteiger partial charge on any atom is 0.133 e. The molecule has 0 bridgehead atoms. The highest BCUT2D eigenvalue weighted by molar-refractivity contribution is 6.42. The normalized spacial score (nSPS) is 14.4. The topological polar surface area (TPSA) is 59.4 Å². The first-order chi connectivity index (χ1) is 9.02. The Morgan fingerprint density at radius 2 is 1.95 bits per heavy atom. The molecular formula is C14H15Cl2NO2. The van der Waals surface area contributed by atoms with Crippen LogP contribution in [0.25, 0.3) is 0 Å². The van der Waals surface area contributed by atoms with E-state index in [1.54, 1.807) is 24.3 Å². The Kier molecular flexibility index (Phi) is 4.53. The zero-order chi connectivity index (χ0) is 14.0. The van der Waals surface area contributed by atoms with Crippen LogP contribution in [0.3, 0.4) is 0 Å². The summed E-state index contributed by atoms with van der Waals surface area (Å²) in [7, 11) is 0. The first kappa shape index (κ1) is 14.4. The van der Waals surface area contributed by atoms with E-state index in [0.29, 0.717) is 15.8 Å². The molecule has 0 radical (unpaired) electrons. The minimum atomic E-state index is -0.809. The van der Waals surface area contributed by atoms with E-state index in [-0.39, 0.29) is 12.5 Å². The van der Waals surface area contributed by atoms with Gasteiger partial charge in [-0.1, -0.05) is 29.3 Å². The average molecular weight is 300 g/mol. The molecule has 0 fully saturated rings. The lowest BCUT2D eigenvalue weighted by atomic mass is 9.92. The molecule has 2 atom stereocenters. The minimum absolute atomic E-state index is 0.277. The van der Waals surface area contributed by atoms with E-state index in [1.165, 1.54) is 0 Å². The van der Waals surface area contributed by atoms with Gasteiger partial charge in [-0.2, -0.15) is 0 Å². The highest BCUT2D eigenvalue weighted by Crippen LogP contribution is 2.34. The third-order valence-electron chi connectivity index (χ3n) is 3.06. The van der Waals surface area contributed by atoms with Crippen LogP contribution >= 0.6 is 23.2 Å². The number of aliphatic hydroxyl groups is 1. The number of aliphatic hydroxyl groups excluding tert-OH is 1. The van der Waals surface area contributed by atoms with E-state index < -0.39 is 6.10 Å². The van der Waals surface area contributed by atoms with Crippen LogP contribution in [0, 0.1) is 6.92 Å². The molecule has 5 heteroatoms. The summed E-state index contributed by atoms with van der Waals surface area (Å²) >= 11 is 11.9.